The van der Waals surface area contributed by atoms with Gasteiger partial charge in [0, 0.05) is 25.9 Å². The maximum absolute atomic E-state index is 12.2. The van der Waals surface area contributed by atoms with Crippen molar-refractivity contribution in [2.75, 3.05) is 5.73 Å². The van der Waals surface area contributed by atoms with Gasteiger partial charge in [0.05, 0.1) is 0 Å². The van der Waals surface area contributed by atoms with Crippen LogP contribution in [0.25, 0.3) is 20.2 Å². The first-order chi connectivity index (χ1) is 7.75. The molecule has 0 saturated heterocycles. The Morgan fingerprint density at radius 2 is 1.69 bits per heavy atom. The summed E-state index contributed by atoms with van der Waals surface area (Å²) in [6, 6.07) is 13.1. The Balaban J connectivity index is 2.61. The highest BCUT2D eigenvalue weighted by atomic mass is 32.1. The van der Waals surface area contributed by atoms with E-state index < -0.39 is 0 Å². The second-order valence-corrected chi connectivity index (χ2v) is 4.77. The van der Waals surface area contributed by atoms with E-state index in [1.54, 1.807) is 17.4 Å². The number of nitrogen functional groups attached to an aromatic ring is 1. The Morgan fingerprint density at radius 1 is 0.938 bits per heavy atom. The number of hydrogen-bond acceptors (Lipinski definition) is 3. The molecule has 2 nitrogen and oxygen atoms in total. The lowest BCUT2D eigenvalue weighted by Crippen LogP contribution is -2.01. The highest BCUT2D eigenvalue weighted by molar-refractivity contribution is 7.24. The van der Waals surface area contributed by atoms with Gasteiger partial charge in [-0.25, -0.2) is 0 Å². The Morgan fingerprint density at radius 3 is 2.56 bits per heavy atom. The average Bonchev–Trinajstić information content (AvgIpc) is 2.31. The Kier molecular flexibility index (Phi) is 1.94. The summed E-state index contributed by atoms with van der Waals surface area (Å²) in [5, 5.41) is 1.48. The van der Waals surface area contributed by atoms with Gasteiger partial charge in [-0.05, 0) is 30.3 Å². The lowest BCUT2D eigenvalue weighted by atomic mass is 10.2. The molecular weight excluding hydrogens is 218 g/mol. The molecule has 2 aromatic carbocycles. The number of anilines is 1. The molecule has 0 amide bonds. The minimum atomic E-state index is 0.0663. The number of nitrogens with two attached hydrogens (primary N) is 1. The number of rotatable bonds is 0. The molecule has 0 spiro atoms. The molecule has 78 valence electrons. The molecule has 0 aliphatic carbocycles. The molecule has 1 heterocycles. The van der Waals surface area contributed by atoms with Crippen LogP contribution in [0.3, 0.4) is 0 Å². The summed E-state index contributed by atoms with van der Waals surface area (Å²) >= 11 is 1.62. The predicted octanol–water partition coefficient (Wildman–Crippen LogP) is 3.00. The zero-order valence-electron chi connectivity index (χ0n) is 8.44. The van der Waals surface area contributed by atoms with Gasteiger partial charge in [0.15, 0.2) is 5.43 Å². The van der Waals surface area contributed by atoms with E-state index >= 15 is 0 Å². The molecule has 0 atom stereocenters. The standard InChI is InChI=1S/C13H9NOS/c14-8-5-6-12-10(7-8)13(15)9-3-1-2-4-11(9)16-12/h1-7H,14H2. The second-order valence-electron chi connectivity index (χ2n) is 3.68. The molecule has 0 saturated carbocycles. The molecule has 2 N–H and O–H groups in total. The average molecular weight is 227 g/mol. The third-order valence-corrected chi connectivity index (χ3v) is 3.75. The summed E-state index contributed by atoms with van der Waals surface area (Å²) in [4.78, 5) is 12.2. The van der Waals surface area contributed by atoms with Gasteiger partial charge in [0.2, 0.25) is 0 Å². The highest BCUT2D eigenvalue weighted by Crippen LogP contribution is 2.25. The van der Waals surface area contributed by atoms with Crippen molar-refractivity contribution in [3.05, 3.63) is 52.7 Å². The third kappa shape index (κ3) is 1.29. The number of hydrogen-bond donors (Lipinski definition) is 1. The van der Waals surface area contributed by atoms with Gasteiger partial charge in [-0.2, -0.15) is 0 Å². The molecule has 0 radical (unpaired) electrons. The summed E-state index contributed by atoms with van der Waals surface area (Å²) < 4.78 is 2.00. The summed E-state index contributed by atoms with van der Waals surface area (Å²) in [5.74, 6) is 0. The summed E-state index contributed by atoms with van der Waals surface area (Å²) in [7, 11) is 0. The summed E-state index contributed by atoms with van der Waals surface area (Å²) in [6.07, 6.45) is 0. The normalized spacial score (nSPS) is 11.0. The van der Waals surface area contributed by atoms with E-state index in [9.17, 15) is 4.79 Å². The van der Waals surface area contributed by atoms with E-state index in [-0.39, 0.29) is 5.43 Å². The summed E-state index contributed by atoms with van der Waals surface area (Å²) in [5.41, 5.74) is 6.40. The van der Waals surface area contributed by atoms with Gasteiger partial charge in [-0.15, -0.1) is 11.3 Å². The van der Waals surface area contributed by atoms with E-state index in [1.165, 1.54) is 0 Å². The number of fused-ring (bicyclic) bond motifs is 2. The topological polar surface area (TPSA) is 43.1 Å². The minimum absolute atomic E-state index is 0.0663. The first-order valence-corrected chi connectivity index (χ1v) is 5.78. The van der Waals surface area contributed by atoms with Crippen LogP contribution >= 0.6 is 11.3 Å². The van der Waals surface area contributed by atoms with E-state index in [0.29, 0.717) is 11.1 Å². The van der Waals surface area contributed by atoms with Crippen LogP contribution in [0.2, 0.25) is 0 Å². The van der Waals surface area contributed by atoms with Crippen LogP contribution in [0, 0.1) is 0 Å². The SMILES string of the molecule is Nc1ccc2sc3ccccc3c(=O)c2c1. The minimum Gasteiger partial charge on any atom is -0.399 e. The molecular formula is C13H9NOS. The van der Waals surface area contributed by atoms with Crippen LogP contribution in [0.4, 0.5) is 5.69 Å². The van der Waals surface area contributed by atoms with Gasteiger partial charge in [0.25, 0.3) is 0 Å². The van der Waals surface area contributed by atoms with Crippen LogP contribution in [0.15, 0.2) is 47.3 Å². The van der Waals surface area contributed by atoms with E-state index in [4.69, 9.17) is 5.73 Å². The Hall–Kier alpha value is -1.87. The molecule has 0 bridgehead atoms. The molecule has 1 aromatic heterocycles. The molecule has 3 heteroatoms. The van der Waals surface area contributed by atoms with Crippen molar-refractivity contribution in [1.29, 1.82) is 0 Å². The van der Waals surface area contributed by atoms with Crippen molar-refractivity contribution in [3.8, 4) is 0 Å². The van der Waals surface area contributed by atoms with Crippen molar-refractivity contribution in [2.45, 2.75) is 0 Å². The van der Waals surface area contributed by atoms with Crippen molar-refractivity contribution in [2.24, 2.45) is 0 Å². The fraction of sp³-hybridized carbons (Fsp3) is 0. The van der Waals surface area contributed by atoms with Gasteiger partial charge in [-0.3, -0.25) is 4.79 Å². The first-order valence-electron chi connectivity index (χ1n) is 4.97. The molecule has 16 heavy (non-hydrogen) atoms. The monoisotopic (exact) mass is 227 g/mol. The van der Waals surface area contributed by atoms with Gasteiger partial charge in [0.1, 0.15) is 0 Å². The highest BCUT2D eigenvalue weighted by Gasteiger charge is 2.04. The predicted molar refractivity (Wildman–Crippen MR) is 70.0 cm³/mol. The maximum atomic E-state index is 12.2. The first kappa shape index (κ1) is 9.36. The Bertz CT molecular complexity index is 746. The van der Waals surface area contributed by atoms with Crippen LogP contribution < -0.4 is 11.2 Å². The lowest BCUT2D eigenvalue weighted by Gasteiger charge is -2.01. The van der Waals surface area contributed by atoms with Crippen molar-refractivity contribution < 1.29 is 0 Å². The fourth-order valence-corrected chi connectivity index (χ4v) is 2.87. The molecule has 3 rings (SSSR count). The molecule has 3 aromatic rings. The summed E-state index contributed by atoms with van der Waals surface area (Å²) in [6.45, 7) is 0. The largest absolute Gasteiger partial charge is 0.399 e. The van der Waals surface area contributed by atoms with Crippen molar-refractivity contribution in [1.82, 2.24) is 0 Å². The zero-order chi connectivity index (χ0) is 11.1. The molecule has 0 aliphatic rings. The van der Waals surface area contributed by atoms with Gasteiger partial charge in [-0.1, -0.05) is 12.1 Å². The second kappa shape index (κ2) is 3.32. The van der Waals surface area contributed by atoms with Gasteiger partial charge >= 0.3 is 0 Å². The van der Waals surface area contributed by atoms with E-state index in [1.807, 2.05) is 36.4 Å². The van der Waals surface area contributed by atoms with Gasteiger partial charge < -0.3 is 5.73 Å². The number of benzene rings is 2. The lowest BCUT2D eigenvalue weighted by molar-refractivity contribution is 1.73. The molecule has 0 aliphatic heterocycles. The zero-order valence-corrected chi connectivity index (χ0v) is 9.25. The van der Waals surface area contributed by atoms with Crippen molar-refractivity contribution >= 4 is 37.2 Å². The van der Waals surface area contributed by atoms with Crippen LogP contribution in [0.5, 0.6) is 0 Å². The quantitative estimate of drug-likeness (QED) is 0.474. The maximum Gasteiger partial charge on any atom is 0.195 e. The Labute approximate surface area is 95.9 Å². The van der Waals surface area contributed by atoms with E-state index in [0.717, 1.165) is 14.8 Å². The molecule has 0 fully saturated rings. The van der Waals surface area contributed by atoms with Crippen LogP contribution in [-0.4, -0.2) is 0 Å². The van der Waals surface area contributed by atoms with Crippen molar-refractivity contribution in [3.63, 3.8) is 0 Å². The van der Waals surface area contributed by atoms with Crippen LogP contribution in [0.1, 0.15) is 0 Å². The fourth-order valence-electron chi connectivity index (χ4n) is 1.82. The van der Waals surface area contributed by atoms with E-state index in [2.05, 4.69) is 0 Å². The van der Waals surface area contributed by atoms with Crippen LogP contribution in [-0.2, 0) is 0 Å². The third-order valence-electron chi connectivity index (χ3n) is 2.60. The molecule has 0 unspecified atom stereocenters. The smallest absolute Gasteiger partial charge is 0.195 e.